The van der Waals surface area contributed by atoms with Crippen LogP contribution in [0.1, 0.15) is 25.7 Å². The molecule has 1 fully saturated rings. The zero-order chi connectivity index (χ0) is 14.4. The number of hydrogen-bond acceptors (Lipinski definition) is 5. The molecule has 2 N–H and O–H groups in total. The summed E-state index contributed by atoms with van der Waals surface area (Å²) in [6, 6.07) is 0. The van der Waals surface area contributed by atoms with Crippen LogP contribution in [0.4, 0.5) is 0 Å². The number of hydrogen-bond donors (Lipinski definition) is 2. The van der Waals surface area contributed by atoms with Crippen LogP contribution in [0.25, 0.3) is 0 Å². The number of nitrogens with zero attached hydrogens (tertiary/aromatic N) is 1. The number of likely N-dealkylation sites (N-methyl/N-ethyl adjacent to an activating group) is 1. The third-order valence-electron chi connectivity index (χ3n) is 3.47. The molecule has 1 aliphatic carbocycles. The molecular weight excluding hydrogens is 252 g/mol. The lowest BCUT2D eigenvalue weighted by Gasteiger charge is -2.31. The molecule has 19 heavy (non-hydrogen) atoms. The number of methoxy groups -OCH3 is 1. The van der Waals surface area contributed by atoms with Crippen LogP contribution in [0, 0.1) is 11.8 Å². The molecule has 0 unspecified atom stereocenters. The van der Waals surface area contributed by atoms with E-state index in [0.717, 1.165) is 12.8 Å². The van der Waals surface area contributed by atoms with Crippen molar-refractivity contribution in [1.29, 1.82) is 0 Å². The molecule has 0 radical (unpaired) electrons. The number of amides is 2. The molecule has 2 amide bonds. The van der Waals surface area contributed by atoms with E-state index in [1.165, 1.54) is 24.5 Å². The highest BCUT2D eigenvalue weighted by Crippen LogP contribution is 2.32. The lowest BCUT2D eigenvalue weighted by atomic mass is 9.78. The molecule has 0 aromatic carbocycles. The van der Waals surface area contributed by atoms with Crippen LogP contribution in [0.15, 0.2) is 0 Å². The molecule has 0 spiro atoms. The molecule has 7 nitrogen and oxygen atoms in total. The number of carbonyl (C=O) groups excluding carboxylic acids is 3. The summed E-state index contributed by atoms with van der Waals surface area (Å²) in [6.45, 7) is -0.236. The summed E-state index contributed by atoms with van der Waals surface area (Å²) in [5, 5.41) is 8.44. The van der Waals surface area contributed by atoms with E-state index in [1.807, 2.05) is 0 Å². The quantitative estimate of drug-likeness (QED) is 0.424. The summed E-state index contributed by atoms with van der Waals surface area (Å²) in [7, 11) is 2.78. The van der Waals surface area contributed by atoms with Crippen molar-refractivity contribution in [2.24, 2.45) is 11.8 Å². The van der Waals surface area contributed by atoms with E-state index in [-0.39, 0.29) is 18.4 Å². The van der Waals surface area contributed by atoms with Crippen LogP contribution in [0.3, 0.4) is 0 Å². The highest BCUT2D eigenvalue weighted by Gasteiger charge is 2.37. The number of carbonyl (C=O) groups is 3. The second-order valence-electron chi connectivity index (χ2n) is 4.75. The van der Waals surface area contributed by atoms with Crippen molar-refractivity contribution >= 4 is 17.8 Å². The first-order chi connectivity index (χ1) is 9.01. The van der Waals surface area contributed by atoms with Gasteiger partial charge in [-0.25, -0.2) is 5.48 Å². The van der Waals surface area contributed by atoms with E-state index in [1.54, 1.807) is 0 Å². The molecule has 7 heteroatoms. The van der Waals surface area contributed by atoms with Crippen LogP contribution in [-0.2, 0) is 19.1 Å². The van der Waals surface area contributed by atoms with E-state index in [9.17, 15) is 14.4 Å². The number of ether oxygens (including phenoxy) is 1. The summed E-state index contributed by atoms with van der Waals surface area (Å²) in [5.74, 6) is -2.19. The van der Waals surface area contributed by atoms with Crippen molar-refractivity contribution in [3.05, 3.63) is 0 Å². The highest BCUT2D eigenvalue weighted by atomic mass is 16.5. The number of esters is 1. The molecule has 1 aliphatic rings. The van der Waals surface area contributed by atoms with Gasteiger partial charge in [0.25, 0.3) is 5.91 Å². The van der Waals surface area contributed by atoms with Gasteiger partial charge in [0.2, 0.25) is 5.91 Å². The molecule has 1 rings (SSSR count). The van der Waals surface area contributed by atoms with Crippen molar-refractivity contribution in [2.75, 3.05) is 20.7 Å². The molecule has 108 valence electrons. The second-order valence-corrected chi connectivity index (χ2v) is 4.75. The summed E-state index contributed by atoms with van der Waals surface area (Å²) in [6.07, 6.45) is 3.02. The van der Waals surface area contributed by atoms with Gasteiger partial charge in [0.15, 0.2) is 0 Å². The summed E-state index contributed by atoms with van der Waals surface area (Å²) >= 11 is 0. The van der Waals surface area contributed by atoms with Gasteiger partial charge in [-0.15, -0.1) is 0 Å². The van der Waals surface area contributed by atoms with Crippen LogP contribution in [0.2, 0.25) is 0 Å². The lowest BCUT2D eigenvalue weighted by Crippen LogP contribution is -2.44. The minimum absolute atomic E-state index is 0.236. The number of nitrogens with one attached hydrogen (secondary N) is 1. The predicted octanol–water partition coefficient (Wildman–Crippen LogP) is -0.0704. The van der Waals surface area contributed by atoms with Gasteiger partial charge < -0.3 is 9.64 Å². The first kappa shape index (κ1) is 15.4. The molecule has 0 aromatic rings. The van der Waals surface area contributed by atoms with Gasteiger partial charge in [-0.2, -0.15) is 0 Å². The molecule has 1 saturated carbocycles. The molecule has 2 atom stereocenters. The molecule has 0 bridgehead atoms. The molecule has 0 saturated heterocycles. The van der Waals surface area contributed by atoms with Crippen LogP contribution in [-0.4, -0.2) is 48.6 Å². The fourth-order valence-corrected chi connectivity index (χ4v) is 2.47. The Morgan fingerprint density at radius 3 is 2.37 bits per heavy atom. The second kappa shape index (κ2) is 7.08. The zero-order valence-corrected chi connectivity index (χ0v) is 11.2. The van der Waals surface area contributed by atoms with Crippen LogP contribution >= 0.6 is 0 Å². The average Bonchev–Trinajstić information content (AvgIpc) is 2.45. The molecular formula is C12H20N2O5. The van der Waals surface area contributed by atoms with E-state index in [4.69, 9.17) is 9.94 Å². The van der Waals surface area contributed by atoms with Crippen molar-refractivity contribution in [1.82, 2.24) is 10.4 Å². The maximum absolute atomic E-state index is 12.2. The van der Waals surface area contributed by atoms with E-state index >= 15 is 0 Å². The third kappa shape index (κ3) is 3.92. The summed E-state index contributed by atoms with van der Waals surface area (Å²) in [5.41, 5.74) is 1.47. The Labute approximate surface area is 111 Å². The Kier molecular flexibility index (Phi) is 5.75. The third-order valence-corrected chi connectivity index (χ3v) is 3.47. The van der Waals surface area contributed by atoms with Gasteiger partial charge in [-0.05, 0) is 12.8 Å². The molecule has 0 heterocycles. The number of hydroxylamine groups is 1. The Hall–Kier alpha value is -1.63. The topological polar surface area (TPSA) is 95.9 Å². The molecule has 0 aromatic heterocycles. The van der Waals surface area contributed by atoms with Gasteiger partial charge in [0.1, 0.15) is 6.54 Å². The van der Waals surface area contributed by atoms with E-state index in [0.29, 0.717) is 12.8 Å². The van der Waals surface area contributed by atoms with Crippen molar-refractivity contribution in [3.8, 4) is 0 Å². The standard InChI is InChI=1S/C12H20N2O5/c1-14(7-10(15)13-18)11(16)8-5-3-4-6-9(8)12(17)19-2/h8-9,18H,3-7H2,1-2H3,(H,13,15)/t8-,9+/m0/s1. The normalized spacial score (nSPS) is 22.5. The molecule has 0 aliphatic heterocycles. The van der Waals surface area contributed by atoms with E-state index in [2.05, 4.69) is 0 Å². The van der Waals surface area contributed by atoms with Gasteiger partial charge in [-0.3, -0.25) is 19.6 Å². The van der Waals surface area contributed by atoms with Gasteiger partial charge >= 0.3 is 5.97 Å². The van der Waals surface area contributed by atoms with Gasteiger partial charge in [0.05, 0.1) is 18.9 Å². The Bertz CT molecular complexity index is 358. The first-order valence-corrected chi connectivity index (χ1v) is 6.27. The fourth-order valence-electron chi connectivity index (χ4n) is 2.47. The summed E-state index contributed by atoms with van der Waals surface area (Å²) < 4.78 is 4.72. The smallest absolute Gasteiger partial charge is 0.309 e. The van der Waals surface area contributed by atoms with Gasteiger partial charge in [-0.1, -0.05) is 12.8 Å². The maximum Gasteiger partial charge on any atom is 0.309 e. The zero-order valence-electron chi connectivity index (χ0n) is 11.2. The average molecular weight is 272 g/mol. The minimum Gasteiger partial charge on any atom is -0.469 e. The lowest BCUT2D eigenvalue weighted by molar-refractivity contribution is -0.155. The van der Waals surface area contributed by atoms with Crippen molar-refractivity contribution in [2.45, 2.75) is 25.7 Å². The predicted molar refractivity (Wildman–Crippen MR) is 65.0 cm³/mol. The van der Waals surface area contributed by atoms with Crippen molar-refractivity contribution in [3.63, 3.8) is 0 Å². The van der Waals surface area contributed by atoms with Crippen molar-refractivity contribution < 1.29 is 24.3 Å². The summed E-state index contributed by atoms with van der Waals surface area (Å²) in [4.78, 5) is 36.2. The first-order valence-electron chi connectivity index (χ1n) is 6.27. The Morgan fingerprint density at radius 1 is 1.26 bits per heavy atom. The maximum atomic E-state index is 12.2. The largest absolute Gasteiger partial charge is 0.469 e. The minimum atomic E-state index is -0.665. The van der Waals surface area contributed by atoms with E-state index < -0.39 is 17.7 Å². The Morgan fingerprint density at radius 2 is 1.84 bits per heavy atom. The fraction of sp³-hybridized carbons (Fsp3) is 0.750. The van der Waals surface area contributed by atoms with Gasteiger partial charge in [0, 0.05) is 7.05 Å². The SMILES string of the molecule is COC(=O)[C@@H]1CCCC[C@@H]1C(=O)N(C)CC(=O)NO. The Balaban J connectivity index is 2.71. The highest BCUT2D eigenvalue weighted by molar-refractivity contribution is 5.88. The monoisotopic (exact) mass is 272 g/mol. The van der Waals surface area contributed by atoms with Crippen LogP contribution in [0.5, 0.6) is 0 Å². The van der Waals surface area contributed by atoms with Crippen LogP contribution < -0.4 is 5.48 Å². The number of rotatable bonds is 4.